The molecule has 1 N–H and O–H groups in total. The average Bonchev–Trinajstić information content (AvgIpc) is 3.15. The van der Waals surface area contributed by atoms with Crippen molar-refractivity contribution in [3.05, 3.63) is 46.4 Å². The number of hydrogen-bond donors (Lipinski definition) is 1. The summed E-state index contributed by atoms with van der Waals surface area (Å²) >= 11 is -1.09. The van der Waals surface area contributed by atoms with Crippen molar-refractivity contribution in [2.24, 2.45) is 0 Å². The summed E-state index contributed by atoms with van der Waals surface area (Å²) in [6.45, 7) is 1.84. The molecule has 1 aliphatic rings. The summed E-state index contributed by atoms with van der Waals surface area (Å²) in [5.74, 6) is -0.199. The van der Waals surface area contributed by atoms with Crippen LogP contribution in [0.4, 0.5) is 5.69 Å². The molecule has 1 aromatic carbocycles. The van der Waals surface area contributed by atoms with Crippen LogP contribution in [-0.2, 0) is 11.3 Å². The highest BCUT2D eigenvalue weighted by Gasteiger charge is 2.26. The first kappa shape index (κ1) is 17.5. The number of hydrogen-bond acceptors (Lipinski definition) is 6. The van der Waals surface area contributed by atoms with Crippen molar-refractivity contribution in [2.75, 3.05) is 30.9 Å². The molecule has 8 nitrogen and oxygen atoms in total. The summed E-state index contributed by atoms with van der Waals surface area (Å²) in [7, 11) is 0. The quantitative estimate of drug-likeness (QED) is 0.796. The first-order chi connectivity index (χ1) is 12.0. The molecular weight excluding hydrogens is 364 g/mol. The average molecular weight is 379 g/mol. The minimum Gasteiger partial charge on any atom is -0.755 e. The van der Waals surface area contributed by atoms with Crippen LogP contribution in [0.5, 0.6) is 0 Å². The van der Waals surface area contributed by atoms with E-state index in [-0.39, 0.29) is 11.8 Å². The van der Waals surface area contributed by atoms with Gasteiger partial charge in [-0.1, -0.05) is 0 Å². The highest BCUT2D eigenvalue weighted by atomic mass is 32.2. The van der Waals surface area contributed by atoms with Gasteiger partial charge in [0.2, 0.25) is 0 Å². The van der Waals surface area contributed by atoms with Gasteiger partial charge in [-0.25, -0.2) is 0 Å². The Morgan fingerprint density at radius 2 is 1.68 bits per heavy atom. The number of carbonyl (C=O) groups excluding carboxylic acids is 2. The predicted molar refractivity (Wildman–Crippen MR) is 92.9 cm³/mol. The van der Waals surface area contributed by atoms with Gasteiger partial charge in [0.1, 0.15) is 4.88 Å². The molecule has 1 aromatic heterocycles. The minimum atomic E-state index is -2.40. The number of thiazole rings is 1. The Labute approximate surface area is 150 Å². The van der Waals surface area contributed by atoms with Crippen molar-refractivity contribution in [1.29, 1.82) is 0 Å². The van der Waals surface area contributed by atoms with Crippen molar-refractivity contribution < 1.29 is 18.4 Å². The third kappa shape index (κ3) is 4.21. The Bertz CT molecular complexity index is 771. The second-order valence-electron chi connectivity index (χ2n) is 5.36. The summed E-state index contributed by atoms with van der Waals surface area (Å²) in [4.78, 5) is 32.7. The molecule has 0 spiro atoms. The van der Waals surface area contributed by atoms with Gasteiger partial charge in [-0.05, 0) is 24.3 Å². The van der Waals surface area contributed by atoms with Crippen LogP contribution >= 0.6 is 11.3 Å². The van der Waals surface area contributed by atoms with E-state index in [4.69, 9.17) is 0 Å². The number of aromatic nitrogens is 1. The van der Waals surface area contributed by atoms with E-state index in [9.17, 15) is 18.4 Å². The van der Waals surface area contributed by atoms with Crippen LogP contribution in [0.2, 0.25) is 0 Å². The van der Waals surface area contributed by atoms with Gasteiger partial charge in [0.15, 0.2) is 0 Å². The van der Waals surface area contributed by atoms with E-state index >= 15 is 0 Å². The van der Waals surface area contributed by atoms with Crippen molar-refractivity contribution in [2.45, 2.75) is 0 Å². The fourth-order valence-electron chi connectivity index (χ4n) is 2.55. The normalized spacial score (nSPS) is 15.7. The number of nitrogens with one attached hydrogen (secondary N) is 1. The zero-order chi connectivity index (χ0) is 17.8. The Morgan fingerprint density at radius 1 is 1.08 bits per heavy atom. The van der Waals surface area contributed by atoms with Gasteiger partial charge < -0.3 is 19.1 Å². The number of amides is 2. The molecule has 25 heavy (non-hydrogen) atoms. The van der Waals surface area contributed by atoms with Crippen LogP contribution < -0.4 is 4.72 Å². The van der Waals surface area contributed by atoms with E-state index in [0.717, 1.165) is 0 Å². The molecule has 1 saturated heterocycles. The second kappa shape index (κ2) is 7.72. The molecule has 10 heteroatoms. The monoisotopic (exact) mass is 379 g/mol. The van der Waals surface area contributed by atoms with Crippen LogP contribution in [0.15, 0.2) is 36.0 Å². The standard InChI is InChI=1S/C15H16N4O4S2/c20-14(11-1-3-12(4-2-11)17-25(22)23)18-5-7-19(8-6-18)15(21)13-9-16-10-24-13/h1-4,9-10,17H,5-8H2,(H,22,23)/p-1. The van der Waals surface area contributed by atoms with Gasteiger partial charge in [-0.15, -0.1) is 11.3 Å². The van der Waals surface area contributed by atoms with E-state index in [1.165, 1.54) is 23.5 Å². The fraction of sp³-hybridized carbons (Fsp3) is 0.267. The first-order valence-electron chi connectivity index (χ1n) is 7.47. The van der Waals surface area contributed by atoms with Crippen molar-refractivity contribution in [3.63, 3.8) is 0 Å². The van der Waals surface area contributed by atoms with Gasteiger partial charge in [0.25, 0.3) is 11.8 Å². The molecule has 0 bridgehead atoms. The summed E-state index contributed by atoms with van der Waals surface area (Å²) in [5, 5.41) is 0. The second-order valence-corrected chi connectivity index (χ2v) is 6.92. The highest BCUT2D eigenvalue weighted by molar-refractivity contribution is 7.80. The van der Waals surface area contributed by atoms with Gasteiger partial charge in [-0.2, -0.15) is 0 Å². The lowest BCUT2D eigenvalue weighted by atomic mass is 10.1. The van der Waals surface area contributed by atoms with Crippen LogP contribution in [-0.4, -0.2) is 61.5 Å². The topological polar surface area (TPSA) is 106 Å². The smallest absolute Gasteiger partial charge is 0.265 e. The summed E-state index contributed by atoms with van der Waals surface area (Å²) in [5.41, 5.74) is 2.49. The lowest BCUT2D eigenvalue weighted by Gasteiger charge is -2.34. The van der Waals surface area contributed by atoms with Crippen LogP contribution in [0, 0.1) is 0 Å². The molecule has 0 radical (unpaired) electrons. The van der Waals surface area contributed by atoms with Crippen molar-refractivity contribution >= 4 is 40.1 Å². The maximum Gasteiger partial charge on any atom is 0.265 e. The molecule has 1 aliphatic heterocycles. The van der Waals surface area contributed by atoms with E-state index in [2.05, 4.69) is 9.71 Å². The Kier molecular flexibility index (Phi) is 5.41. The van der Waals surface area contributed by atoms with Crippen LogP contribution in [0.1, 0.15) is 20.0 Å². The predicted octanol–water partition coefficient (Wildman–Crippen LogP) is 0.947. The molecule has 1 atom stereocenters. The van der Waals surface area contributed by atoms with E-state index in [1.54, 1.807) is 33.6 Å². The molecule has 1 unspecified atom stereocenters. The van der Waals surface area contributed by atoms with Crippen LogP contribution in [0.25, 0.3) is 0 Å². The van der Waals surface area contributed by atoms with E-state index in [1.807, 2.05) is 0 Å². The minimum absolute atomic E-state index is 0.0596. The van der Waals surface area contributed by atoms with Gasteiger partial charge >= 0.3 is 0 Å². The van der Waals surface area contributed by atoms with Crippen molar-refractivity contribution in [1.82, 2.24) is 14.8 Å². The molecule has 3 rings (SSSR count). The number of piperazine rings is 1. The number of carbonyl (C=O) groups is 2. The maximum atomic E-state index is 12.5. The largest absolute Gasteiger partial charge is 0.755 e. The van der Waals surface area contributed by atoms with Gasteiger partial charge in [-0.3, -0.25) is 18.8 Å². The molecule has 2 amide bonds. The molecule has 0 saturated carbocycles. The number of nitrogens with zero attached hydrogens (tertiary/aromatic N) is 3. The summed E-state index contributed by atoms with van der Waals surface area (Å²) in [6, 6.07) is 6.22. The zero-order valence-electron chi connectivity index (χ0n) is 13.1. The van der Waals surface area contributed by atoms with Gasteiger partial charge in [0.05, 0.1) is 11.7 Å². The summed E-state index contributed by atoms with van der Waals surface area (Å²) < 4.78 is 23.4. The Hall–Kier alpha value is -2.30. The molecule has 2 aromatic rings. The number of benzene rings is 1. The number of rotatable bonds is 4. The van der Waals surface area contributed by atoms with Gasteiger partial charge in [0, 0.05) is 48.7 Å². The lowest BCUT2D eigenvalue weighted by molar-refractivity contribution is 0.0538. The third-order valence-corrected chi connectivity index (χ3v) is 4.99. The Morgan fingerprint density at radius 3 is 2.20 bits per heavy atom. The molecule has 132 valence electrons. The van der Waals surface area contributed by atoms with Crippen LogP contribution in [0.3, 0.4) is 0 Å². The molecule has 1 fully saturated rings. The molecular formula is C15H15N4O4S2-. The number of anilines is 1. The van der Waals surface area contributed by atoms with E-state index in [0.29, 0.717) is 42.3 Å². The summed E-state index contributed by atoms with van der Waals surface area (Å²) in [6.07, 6.45) is 1.55. The van der Waals surface area contributed by atoms with E-state index < -0.39 is 11.3 Å². The van der Waals surface area contributed by atoms with Crippen molar-refractivity contribution in [3.8, 4) is 0 Å². The third-order valence-electron chi connectivity index (χ3n) is 3.83. The fourth-order valence-corrected chi connectivity index (χ4v) is 3.46. The first-order valence-corrected chi connectivity index (χ1v) is 9.43. The lowest BCUT2D eigenvalue weighted by Crippen LogP contribution is -2.50. The SMILES string of the molecule is O=C(c1ccc(NS(=O)[O-])cc1)N1CCN(C(=O)c2cncs2)CC1. The maximum absolute atomic E-state index is 12.5. The molecule has 0 aliphatic carbocycles. The Balaban J connectivity index is 1.58. The zero-order valence-corrected chi connectivity index (χ0v) is 14.7. The highest BCUT2D eigenvalue weighted by Crippen LogP contribution is 2.15. The molecule has 2 heterocycles.